The zero-order valence-electron chi connectivity index (χ0n) is 14.6. The molecule has 0 atom stereocenters. The standard InChI is InChI=1S/C19H14Cl2N4O2S/c1-2-10-5-12(3-4-13(10)20)28-17-7-16-15(6-14(17)21)23-19(24-16)25-9-11(8-22-25)18(26)27/h3-9H,2H2,1H3,(H,23,24)(H,26,27). The van der Waals surface area contributed by atoms with Crippen LogP contribution in [0.3, 0.4) is 0 Å². The molecule has 2 aromatic heterocycles. The Balaban J connectivity index is 1.68. The zero-order valence-corrected chi connectivity index (χ0v) is 16.9. The van der Waals surface area contributed by atoms with Crippen LogP contribution >= 0.6 is 35.0 Å². The normalized spacial score (nSPS) is 11.2. The van der Waals surface area contributed by atoms with E-state index in [0.717, 1.165) is 32.3 Å². The Morgan fingerprint density at radius 3 is 2.79 bits per heavy atom. The number of aryl methyl sites for hydroxylation is 1. The fraction of sp³-hybridized carbons (Fsp3) is 0.105. The number of benzene rings is 2. The van der Waals surface area contributed by atoms with E-state index in [1.165, 1.54) is 28.8 Å². The van der Waals surface area contributed by atoms with E-state index in [-0.39, 0.29) is 5.56 Å². The molecule has 2 N–H and O–H groups in total. The van der Waals surface area contributed by atoms with Gasteiger partial charge in [0.15, 0.2) is 0 Å². The quantitative estimate of drug-likeness (QED) is 0.436. The van der Waals surface area contributed by atoms with E-state index in [9.17, 15) is 4.79 Å². The number of aromatic nitrogens is 4. The fourth-order valence-corrected chi connectivity index (χ4v) is 4.19. The van der Waals surface area contributed by atoms with Crippen LogP contribution in [0.15, 0.2) is 52.5 Å². The van der Waals surface area contributed by atoms with E-state index < -0.39 is 5.97 Å². The van der Waals surface area contributed by atoms with Gasteiger partial charge in [0.25, 0.3) is 0 Å². The van der Waals surface area contributed by atoms with Gasteiger partial charge in [-0.1, -0.05) is 41.9 Å². The van der Waals surface area contributed by atoms with Gasteiger partial charge >= 0.3 is 5.97 Å². The molecule has 0 saturated heterocycles. The highest BCUT2D eigenvalue weighted by molar-refractivity contribution is 7.99. The Labute approximate surface area is 174 Å². The summed E-state index contributed by atoms with van der Waals surface area (Å²) in [4.78, 5) is 20.6. The maximum atomic E-state index is 11.0. The molecule has 0 spiro atoms. The minimum Gasteiger partial charge on any atom is -0.478 e. The SMILES string of the molecule is CCc1cc(Sc2cc3nc(-n4cc(C(=O)O)cn4)[nH]c3cc2Cl)ccc1Cl. The Morgan fingerprint density at radius 2 is 2.07 bits per heavy atom. The molecule has 28 heavy (non-hydrogen) atoms. The second kappa shape index (κ2) is 7.50. The van der Waals surface area contributed by atoms with Gasteiger partial charge in [-0.15, -0.1) is 0 Å². The molecule has 4 rings (SSSR count). The number of halogens is 2. The topological polar surface area (TPSA) is 83.8 Å². The number of carboxylic acid groups (broad SMARTS) is 1. The predicted octanol–water partition coefficient (Wildman–Crippen LogP) is 5.47. The minimum atomic E-state index is -1.04. The molecule has 4 aromatic rings. The smallest absolute Gasteiger partial charge is 0.338 e. The van der Waals surface area contributed by atoms with Gasteiger partial charge in [-0.05, 0) is 42.3 Å². The molecule has 0 aliphatic rings. The summed E-state index contributed by atoms with van der Waals surface area (Å²) in [5.74, 6) is -0.626. The molecule has 0 radical (unpaired) electrons. The van der Waals surface area contributed by atoms with Crippen LogP contribution in [0.1, 0.15) is 22.8 Å². The molecule has 0 bridgehead atoms. The Hall–Kier alpha value is -2.48. The number of rotatable bonds is 5. The molecule has 0 amide bonds. The number of hydrogen-bond acceptors (Lipinski definition) is 4. The summed E-state index contributed by atoms with van der Waals surface area (Å²) in [7, 11) is 0. The number of H-pyrrole nitrogens is 1. The van der Waals surface area contributed by atoms with Crippen LogP contribution in [0.4, 0.5) is 0 Å². The van der Waals surface area contributed by atoms with Crippen LogP contribution in [0, 0.1) is 0 Å². The van der Waals surface area contributed by atoms with Crippen molar-refractivity contribution in [1.29, 1.82) is 0 Å². The summed E-state index contributed by atoms with van der Waals surface area (Å²) in [6.07, 6.45) is 3.53. The number of aromatic carboxylic acids is 1. The van der Waals surface area contributed by atoms with Crippen molar-refractivity contribution in [2.45, 2.75) is 23.1 Å². The van der Waals surface area contributed by atoms with E-state index in [1.54, 1.807) is 6.07 Å². The van der Waals surface area contributed by atoms with E-state index in [2.05, 4.69) is 28.1 Å². The Kier molecular flexibility index (Phi) is 5.05. The van der Waals surface area contributed by atoms with Crippen molar-refractivity contribution < 1.29 is 9.90 Å². The van der Waals surface area contributed by atoms with Crippen molar-refractivity contribution in [3.8, 4) is 5.95 Å². The first-order valence-corrected chi connectivity index (χ1v) is 9.95. The number of fused-ring (bicyclic) bond motifs is 1. The molecule has 0 saturated carbocycles. The van der Waals surface area contributed by atoms with Crippen molar-refractivity contribution in [3.05, 3.63) is 63.9 Å². The Morgan fingerprint density at radius 1 is 1.25 bits per heavy atom. The van der Waals surface area contributed by atoms with Crippen molar-refractivity contribution in [2.75, 3.05) is 0 Å². The molecular weight excluding hydrogens is 419 g/mol. The van der Waals surface area contributed by atoms with Gasteiger partial charge in [0, 0.05) is 21.0 Å². The molecule has 6 nitrogen and oxygen atoms in total. The van der Waals surface area contributed by atoms with E-state index in [0.29, 0.717) is 16.5 Å². The van der Waals surface area contributed by atoms with Gasteiger partial charge in [-0.25, -0.2) is 14.5 Å². The lowest BCUT2D eigenvalue weighted by Gasteiger charge is -2.07. The molecule has 2 aromatic carbocycles. The fourth-order valence-electron chi connectivity index (χ4n) is 2.75. The third-order valence-electron chi connectivity index (χ3n) is 4.20. The van der Waals surface area contributed by atoms with Gasteiger partial charge in [0.2, 0.25) is 5.95 Å². The van der Waals surface area contributed by atoms with Gasteiger partial charge in [0.1, 0.15) is 0 Å². The number of imidazole rings is 1. The lowest BCUT2D eigenvalue weighted by molar-refractivity contribution is 0.0697. The van der Waals surface area contributed by atoms with Crippen LogP contribution in [-0.2, 0) is 6.42 Å². The average molecular weight is 433 g/mol. The first-order valence-electron chi connectivity index (χ1n) is 8.38. The number of hydrogen-bond donors (Lipinski definition) is 2. The van der Waals surface area contributed by atoms with Gasteiger partial charge < -0.3 is 10.1 Å². The number of carboxylic acids is 1. The molecule has 2 heterocycles. The molecule has 0 aliphatic carbocycles. The second-order valence-corrected chi connectivity index (χ2v) is 7.98. The lowest BCUT2D eigenvalue weighted by Crippen LogP contribution is -1.97. The summed E-state index contributed by atoms with van der Waals surface area (Å²) < 4.78 is 1.39. The molecule has 0 fully saturated rings. The lowest BCUT2D eigenvalue weighted by atomic mass is 10.2. The molecule has 0 unspecified atom stereocenters. The van der Waals surface area contributed by atoms with Crippen molar-refractivity contribution >= 4 is 52.0 Å². The van der Waals surface area contributed by atoms with E-state index in [4.69, 9.17) is 28.3 Å². The number of nitrogens with zero attached hydrogens (tertiary/aromatic N) is 3. The van der Waals surface area contributed by atoms with E-state index in [1.807, 2.05) is 18.2 Å². The van der Waals surface area contributed by atoms with Crippen molar-refractivity contribution in [1.82, 2.24) is 19.7 Å². The van der Waals surface area contributed by atoms with Crippen molar-refractivity contribution in [3.63, 3.8) is 0 Å². The Bertz CT molecular complexity index is 1200. The van der Waals surface area contributed by atoms with Gasteiger partial charge in [-0.2, -0.15) is 5.10 Å². The van der Waals surface area contributed by atoms with E-state index >= 15 is 0 Å². The maximum absolute atomic E-state index is 11.0. The van der Waals surface area contributed by atoms with Crippen LogP contribution in [0.2, 0.25) is 10.0 Å². The first kappa shape index (κ1) is 18.9. The third kappa shape index (κ3) is 3.61. The monoisotopic (exact) mass is 432 g/mol. The maximum Gasteiger partial charge on any atom is 0.338 e. The second-order valence-electron chi connectivity index (χ2n) is 6.05. The van der Waals surface area contributed by atoms with Gasteiger partial charge in [-0.3, -0.25) is 0 Å². The average Bonchev–Trinajstić information content (AvgIpc) is 3.30. The predicted molar refractivity (Wildman–Crippen MR) is 110 cm³/mol. The van der Waals surface area contributed by atoms with Crippen molar-refractivity contribution in [2.24, 2.45) is 0 Å². The largest absolute Gasteiger partial charge is 0.478 e. The molecule has 142 valence electrons. The number of aromatic amines is 1. The summed E-state index contributed by atoms with van der Waals surface area (Å²) in [5.41, 5.74) is 2.61. The van der Waals surface area contributed by atoms with Crippen LogP contribution in [0.5, 0.6) is 0 Å². The first-order chi connectivity index (χ1) is 13.4. The molecular formula is C19H14Cl2N4O2S. The highest BCUT2D eigenvalue weighted by Gasteiger charge is 2.13. The highest BCUT2D eigenvalue weighted by atomic mass is 35.5. The molecule has 9 heteroatoms. The van der Waals surface area contributed by atoms with Gasteiger partial charge in [0.05, 0.1) is 27.8 Å². The number of carbonyl (C=O) groups is 1. The summed E-state index contributed by atoms with van der Waals surface area (Å²) in [6.45, 7) is 2.06. The number of nitrogens with one attached hydrogen (secondary N) is 1. The van der Waals surface area contributed by atoms with Crippen LogP contribution < -0.4 is 0 Å². The minimum absolute atomic E-state index is 0.0872. The summed E-state index contributed by atoms with van der Waals surface area (Å²) in [5, 5.41) is 14.4. The highest BCUT2D eigenvalue weighted by Crippen LogP contribution is 2.37. The van der Waals surface area contributed by atoms with Crippen LogP contribution in [0.25, 0.3) is 17.0 Å². The third-order valence-corrected chi connectivity index (χ3v) is 6.04. The van der Waals surface area contributed by atoms with Crippen LogP contribution in [-0.4, -0.2) is 30.8 Å². The zero-order chi connectivity index (χ0) is 19.8. The summed E-state index contributed by atoms with van der Waals surface area (Å²) in [6, 6.07) is 9.60. The summed E-state index contributed by atoms with van der Waals surface area (Å²) >= 11 is 14.2. The molecule has 0 aliphatic heterocycles.